The molecule has 36 heavy (non-hydrogen) atoms. The molecular formula is C30H31F2NO3. The van der Waals surface area contributed by atoms with Crippen LogP contribution in [0.2, 0.25) is 0 Å². The van der Waals surface area contributed by atoms with Gasteiger partial charge in [0.15, 0.2) is 0 Å². The molecule has 1 heterocycles. The molecule has 0 amide bonds. The summed E-state index contributed by atoms with van der Waals surface area (Å²) < 4.78 is 36.9. The van der Waals surface area contributed by atoms with Crippen molar-refractivity contribution in [2.45, 2.75) is 45.8 Å². The van der Waals surface area contributed by atoms with E-state index in [1.807, 2.05) is 24.3 Å². The molecule has 4 nitrogen and oxygen atoms in total. The molecule has 0 saturated carbocycles. The van der Waals surface area contributed by atoms with Gasteiger partial charge in [0.25, 0.3) is 0 Å². The maximum absolute atomic E-state index is 14.9. The van der Waals surface area contributed by atoms with E-state index in [4.69, 9.17) is 4.74 Å². The third kappa shape index (κ3) is 6.18. The molecule has 0 spiro atoms. The van der Waals surface area contributed by atoms with Crippen molar-refractivity contribution in [3.8, 4) is 0 Å². The molecule has 0 saturated heterocycles. The zero-order valence-corrected chi connectivity index (χ0v) is 20.6. The van der Waals surface area contributed by atoms with Crippen LogP contribution in [-0.4, -0.2) is 28.4 Å². The highest BCUT2D eigenvalue weighted by Crippen LogP contribution is 2.26. The van der Waals surface area contributed by atoms with Crippen LogP contribution in [0.1, 0.15) is 47.3 Å². The molecule has 4 aromatic rings. The summed E-state index contributed by atoms with van der Waals surface area (Å²) in [6.07, 6.45) is 2.61. The second-order valence-electron chi connectivity index (χ2n) is 9.59. The Balaban J connectivity index is 1.50. The van der Waals surface area contributed by atoms with E-state index >= 15 is 0 Å². The van der Waals surface area contributed by atoms with Crippen molar-refractivity contribution in [3.63, 3.8) is 0 Å². The van der Waals surface area contributed by atoms with E-state index in [0.29, 0.717) is 23.5 Å². The number of carbonyl (C=O) groups excluding carboxylic acids is 1. The second kappa shape index (κ2) is 11.5. The summed E-state index contributed by atoms with van der Waals surface area (Å²) in [4.78, 5) is 12.2. The molecule has 0 aliphatic rings. The molecule has 3 aromatic carbocycles. The fraction of sp³-hybridized carbons (Fsp3) is 0.300. The van der Waals surface area contributed by atoms with Crippen molar-refractivity contribution in [2.75, 3.05) is 6.61 Å². The summed E-state index contributed by atoms with van der Waals surface area (Å²) in [5.41, 5.74) is 2.70. The Bertz CT molecular complexity index is 1310. The van der Waals surface area contributed by atoms with Crippen LogP contribution in [0.15, 0.2) is 72.9 Å². The van der Waals surface area contributed by atoms with E-state index in [2.05, 4.69) is 13.8 Å². The molecule has 188 valence electrons. The molecule has 0 radical (unpaired) electrons. The number of esters is 1. The number of fused-ring (bicyclic) bond motifs is 1. The SMILES string of the molecule is CC(C)CCc1cc(F)c(Cn2cc(C[C@H](O)COC(=O)c3ccccc3)c3ccccc32)c(F)c1. The van der Waals surface area contributed by atoms with Crippen molar-refractivity contribution in [1.82, 2.24) is 4.57 Å². The van der Waals surface area contributed by atoms with E-state index < -0.39 is 23.7 Å². The van der Waals surface area contributed by atoms with E-state index in [1.165, 1.54) is 12.1 Å². The molecule has 1 N–H and O–H groups in total. The average Bonchev–Trinajstić information content (AvgIpc) is 3.21. The highest BCUT2D eigenvalue weighted by atomic mass is 19.1. The second-order valence-corrected chi connectivity index (χ2v) is 9.59. The maximum Gasteiger partial charge on any atom is 0.338 e. The van der Waals surface area contributed by atoms with E-state index in [1.54, 1.807) is 41.1 Å². The highest BCUT2D eigenvalue weighted by molar-refractivity contribution is 5.89. The Morgan fingerprint density at radius 2 is 1.67 bits per heavy atom. The van der Waals surface area contributed by atoms with Gasteiger partial charge in [-0.25, -0.2) is 13.6 Å². The van der Waals surface area contributed by atoms with Crippen molar-refractivity contribution < 1.29 is 23.4 Å². The lowest BCUT2D eigenvalue weighted by molar-refractivity contribution is 0.0259. The lowest BCUT2D eigenvalue weighted by Gasteiger charge is -2.11. The van der Waals surface area contributed by atoms with E-state index in [-0.39, 0.29) is 25.1 Å². The molecular weight excluding hydrogens is 460 g/mol. The van der Waals surface area contributed by atoms with Crippen LogP contribution in [0.25, 0.3) is 10.9 Å². The van der Waals surface area contributed by atoms with Gasteiger partial charge in [-0.2, -0.15) is 0 Å². The minimum Gasteiger partial charge on any atom is -0.459 e. The van der Waals surface area contributed by atoms with Crippen LogP contribution in [0.4, 0.5) is 8.78 Å². The van der Waals surface area contributed by atoms with Gasteiger partial charge in [0, 0.05) is 29.1 Å². The first-order valence-corrected chi connectivity index (χ1v) is 12.3. The van der Waals surface area contributed by atoms with Gasteiger partial charge in [-0.05, 0) is 60.2 Å². The number of hydrogen-bond acceptors (Lipinski definition) is 3. The largest absolute Gasteiger partial charge is 0.459 e. The van der Waals surface area contributed by atoms with Gasteiger partial charge >= 0.3 is 5.97 Å². The normalized spacial score (nSPS) is 12.3. The molecule has 1 atom stereocenters. The highest BCUT2D eigenvalue weighted by Gasteiger charge is 2.18. The monoisotopic (exact) mass is 491 g/mol. The quantitative estimate of drug-likeness (QED) is 0.264. The zero-order valence-electron chi connectivity index (χ0n) is 20.6. The number of aromatic nitrogens is 1. The lowest BCUT2D eigenvalue weighted by atomic mass is 10.0. The summed E-state index contributed by atoms with van der Waals surface area (Å²) in [6.45, 7) is 4.04. The average molecular weight is 492 g/mol. The fourth-order valence-corrected chi connectivity index (χ4v) is 4.34. The van der Waals surface area contributed by atoms with Gasteiger partial charge < -0.3 is 14.4 Å². The number of hydrogen-bond donors (Lipinski definition) is 1. The van der Waals surface area contributed by atoms with Crippen LogP contribution >= 0.6 is 0 Å². The molecule has 6 heteroatoms. The van der Waals surface area contributed by atoms with E-state index in [0.717, 1.165) is 22.9 Å². The number of nitrogens with zero attached hydrogens (tertiary/aromatic N) is 1. The van der Waals surface area contributed by atoms with Gasteiger partial charge in [0.1, 0.15) is 18.2 Å². The summed E-state index contributed by atoms with van der Waals surface area (Å²) in [6, 6.07) is 19.0. The molecule has 0 bridgehead atoms. The minimum atomic E-state index is -0.925. The molecule has 0 unspecified atom stereocenters. The third-order valence-electron chi connectivity index (χ3n) is 6.28. The first kappa shape index (κ1) is 25.6. The van der Waals surface area contributed by atoms with Crippen molar-refractivity contribution in [2.24, 2.45) is 5.92 Å². The standard InChI is InChI=1S/C30H31F2NO3/c1-20(2)12-13-21-14-27(31)26(28(32)15-21)18-33-17-23(25-10-6-7-11-29(25)33)16-24(34)19-36-30(35)22-8-4-3-5-9-22/h3-11,14-15,17,20,24,34H,12-13,16,18-19H2,1-2H3/t24-/m0/s1. The van der Waals surface area contributed by atoms with Crippen molar-refractivity contribution in [1.29, 1.82) is 0 Å². The smallest absolute Gasteiger partial charge is 0.338 e. The van der Waals surface area contributed by atoms with E-state index in [9.17, 15) is 18.7 Å². The Morgan fingerprint density at radius 3 is 2.36 bits per heavy atom. The van der Waals surface area contributed by atoms with Crippen LogP contribution in [0.5, 0.6) is 0 Å². The summed E-state index contributed by atoms with van der Waals surface area (Å²) in [5, 5.41) is 11.4. The number of aryl methyl sites for hydroxylation is 1. The zero-order chi connectivity index (χ0) is 25.7. The van der Waals surface area contributed by atoms with Gasteiger partial charge in [0.05, 0.1) is 18.2 Å². The topological polar surface area (TPSA) is 51.5 Å². The number of benzene rings is 3. The van der Waals surface area contributed by atoms with Crippen molar-refractivity contribution in [3.05, 3.63) is 107 Å². The van der Waals surface area contributed by atoms with Crippen LogP contribution in [0.3, 0.4) is 0 Å². The summed E-state index contributed by atoms with van der Waals surface area (Å²) in [5.74, 6) is -1.15. The Hall–Kier alpha value is -3.51. The van der Waals surface area contributed by atoms with Gasteiger partial charge in [-0.15, -0.1) is 0 Å². The van der Waals surface area contributed by atoms with Gasteiger partial charge in [0.2, 0.25) is 0 Å². The Morgan fingerprint density at radius 1 is 1.00 bits per heavy atom. The third-order valence-corrected chi connectivity index (χ3v) is 6.28. The fourth-order valence-electron chi connectivity index (χ4n) is 4.34. The number of rotatable bonds is 10. The van der Waals surface area contributed by atoms with Crippen LogP contribution in [-0.2, 0) is 24.1 Å². The number of aliphatic hydroxyl groups excluding tert-OH is 1. The number of carbonyl (C=O) groups is 1. The minimum absolute atomic E-state index is 0.00735. The molecule has 0 aliphatic carbocycles. The number of aliphatic hydroxyl groups is 1. The lowest BCUT2D eigenvalue weighted by Crippen LogP contribution is -2.21. The van der Waals surface area contributed by atoms with Gasteiger partial charge in [-0.1, -0.05) is 50.2 Å². The summed E-state index contributed by atoms with van der Waals surface area (Å²) in [7, 11) is 0. The van der Waals surface area contributed by atoms with Crippen LogP contribution in [0, 0.1) is 17.6 Å². The molecule has 1 aromatic heterocycles. The maximum atomic E-state index is 14.9. The Kier molecular flexibility index (Phi) is 8.16. The van der Waals surface area contributed by atoms with Crippen molar-refractivity contribution >= 4 is 16.9 Å². The number of ether oxygens (including phenoxy) is 1. The van der Waals surface area contributed by atoms with Gasteiger partial charge in [-0.3, -0.25) is 0 Å². The first-order valence-electron chi connectivity index (χ1n) is 12.3. The number of para-hydroxylation sites is 1. The Labute approximate surface area is 210 Å². The number of halogens is 2. The van der Waals surface area contributed by atoms with Crippen LogP contribution < -0.4 is 0 Å². The molecule has 0 aliphatic heterocycles. The molecule has 0 fully saturated rings. The summed E-state index contributed by atoms with van der Waals surface area (Å²) >= 11 is 0. The predicted molar refractivity (Wildman–Crippen MR) is 137 cm³/mol. The molecule has 4 rings (SSSR count). The predicted octanol–water partition coefficient (Wildman–Crippen LogP) is 6.32. The first-order chi connectivity index (χ1) is 17.3.